The van der Waals surface area contributed by atoms with Gasteiger partial charge in [-0.1, -0.05) is 35.3 Å². The molecule has 3 rings (SSSR count). The van der Waals surface area contributed by atoms with E-state index < -0.39 is 0 Å². The van der Waals surface area contributed by atoms with Gasteiger partial charge in [0.15, 0.2) is 18.1 Å². The Bertz CT molecular complexity index is 738. The van der Waals surface area contributed by atoms with E-state index in [1.807, 2.05) is 24.3 Å². The van der Waals surface area contributed by atoms with Gasteiger partial charge in [0.25, 0.3) is 5.91 Å². The van der Waals surface area contributed by atoms with Crippen LogP contribution in [0.1, 0.15) is 0 Å². The molecule has 5 nitrogen and oxygen atoms in total. The van der Waals surface area contributed by atoms with Crippen molar-refractivity contribution in [3.63, 3.8) is 0 Å². The van der Waals surface area contributed by atoms with Crippen molar-refractivity contribution in [2.45, 2.75) is 6.10 Å². The molecule has 1 heterocycles. The molecule has 2 aromatic carbocycles. The zero-order valence-electron chi connectivity index (χ0n) is 12.6. The van der Waals surface area contributed by atoms with E-state index in [2.05, 4.69) is 5.32 Å². The number of nitrogens with one attached hydrogen (secondary N) is 1. The van der Waals surface area contributed by atoms with E-state index in [1.54, 1.807) is 18.2 Å². The molecule has 1 aliphatic heterocycles. The maximum Gasteiger partial charge on any atom is 0.258 e. The van der Waals surface area contributed by atoms with Crippen LogP contribution in [0.25, 0.3) is 0 Å². The summed E-state index contributed by atoms with van der Waals surface area (Å²) in [5, 5.41) is 3.56. The Morgan fingerprint density at radius 3 is 2.75 bits per heavy atom. The molecule has 0 spiro atoms. The Morgan fingerprint density at radius 1 is 1.17 bits per heavy atom. The third kappa shape index (κ3) is 4.24. The average molecular weight is 368 g/mol. The largest absolute Gasteiger partial charge is 0.486 e. The molecule has 0 fully saturated rings. The number of rotatable bonds is 5. The molecule has 0 radical (unpaired) electrons. The highest BCUT2D eigenvalue weighted by Gasteiger charge is 2.21. The van der Waals surface area contributed by atoms with Gasteiger partial charge in [0.1, 0.15) is 18.5 Å². The van der Waals surface area contributed by atoms with Crippen LogP contribution in [0, 0.1) is 0 Å². The van der Waals surface area contributed by atoms with Crippen molar-refractivity contribution < 1.29 is 19.0 Å². The number of halogens is 2. The zero-order valence-corrected chi connectivity index (χ0v) is 14.1. The van der Waals surface area contributed by atoms with Crippen LogP contribution < -0.4 is 19.5 Å². The first-order valence-corrected chi connectivity index (χ1v) is 8.10. The van der Waals surface area contributed by atoms with E-state index >= 15 is 0 Å². The highest BCUT2D eigenvalue weighted by atomic mass is 35.5. The van der Waals surface area contributed by atoms with Crippen LogP contribution in [-0.2, 0) is 4.79 Å². The molecule has 1 N–H and O–H groups in total. The topological polar surface area (TPSA) is 56.8 Å². The molecule has 1 atom stereocenters. The van der Waals surface area contributed by atoms with Gasteiger partial charge in [0.05, 0.1) is 16.6 Å². The minimum absolute atomic E-state index is 0.123. The number of hydrogen-bond donors (Lipinski definition) is 1. The lowest BCUT2D eigenvalue weighted by atomic mass is 10.2. The fraction of sp³-hybridized carbons (Fsp3) is 0.235. The predicted molar refractivity (Wildman–Crippen MR) is 91.3 cm³/mol. The van der Waals surface area contributed by atoms with Crippen molar-refractivity contribution in [3.8, 4) is 17.2 Å². The Hall–Kier alpha value is -2.11. The second kappa shape index (κ2) is 7.64. The van der Waals surface area contributed by atoms with Crippen LogP contribution in [0.2, 0.25) is 10.0 Å². The third-order valence-corrected chi connectivity index (χ3v) is 4.09. The number of fused-ring (bicyclic) bond motifs is 1. The highest BCUT2D eigenvalue weighted by molar-refractivity contribution is 6.42. The number of hydrogen-bond acceptors (Lipinski definition) is 4. The molecular formula is C17H15Cl2NO4. The monoisotopic (exact) mass is 367 g/mol. The normalized spacial score (nSPS) is 15.7. The highest BCUT2D eigenvalue weighted by Crippen LogP contribution is 2.30. The number of benzene rings is 2. The SMILES string of the molecule is O=C(COc1ccc(Cl)c(Cl)c1)NC[C@@H]1COc2ccccc2O1. The summed E-state index contributed by atoms with van der Waals surface area (Å²) in [6, 6.07) is 12.2. The summed E-state index contributed by atoms with van der Waals surface area (Å²) in [5.74, 6) is 1.60. The summed E-state index contributed by atoms with van der Waals surface area (Å²) in [7, 11) is 0. The van der Waals surface area contributed by atoms with Gasteiger partial charge in [-0.2, -0.15) is 0 Å². The van der Waals surface area contributed by atoms with Crippen LogP contribution in [-0.4, -0.2) is 31.8 Å². The Balaban J connectivity index is 1.44. The van der Waals surface area contributed by atoms with Crippen molar-refractivity contribution >= 4 is 29.1 Å². The molecule has 0 saturated carbocycles. The Labute approximate surface area is 149 Å². The molecule has 7 heteroatoms. The third-order valence-electron chi connectivity index (χ3n) is 3.36. The van der Waals surface area contributed by atoms with Crippen LogP contribution in [0.4, 0.5) is 0 Å². The lowest BCUT2D eigenvalue weighted by molar-refractivity contribution is -0.123. The summed E-state index contributed by atoms with van der Waals surface area (Å²) < 4.78 is 16.7. The molecule has 0 aromatic heterocycles. The van der Waals surface area contributed by atoms with Crippen molar-refractivity contribution in [2.24, 2.45) is 0 Å². The van der Waals surface area contributed by atoms with Gasteiger partial charge in [-0.05, 0) is 24.3 Å². The molecule has 0 bridgehead atoms. The summed E-state index contributed by atoms with van der Waals surface area (Å²) in [6.07, 6.45) is -0.242. The van der Waals surface area contributed by atoms with Gasteiger partial charge >= 0.3 is 0 Å². The van der Waals surface area contributed by atoms with Gasteiger partial charge in [0.2, 0.25) is 0 Å². The maximum absolute atomic E-state index is 11.9. The fourth-order valence-electron chi connectivity index (χ4n) is 2.16. The van der Waals surface area contributed by atoms with Gasteiger partial charge in [-0.25, -0.2) is 0 Å². The lowest BCUT2D eigenvalue weighted by Crippen LogP contribution is -2.42. The summed E-state index contributed by atoms with van der Waals surface area (Å²) in [6.45, 7) is 0.588. The van der Waals surface area contributed by atoms with Crippen molar-refractivity contribution in [1.29, 1.82) is 0 Å². The van der Waals surface area contributed by atoms with E-state index in [1.165, 1.54) is 0 Å². The number of ether oxygens (including phenoxy) is 3. The van der Waals surface area contributed by atoms with Crippen LogP contribution >= 0.6 is 23.2 Å². The first-order chi connectivity index (χ1) is 11.6. The fourth-order valence-corrected chi connectivity index (χ4v) is 2.45. The zero-order chi connectivity index (χ0) is 16.9. The summed E-state index contributed by atoms with van der Waals surface area (Å²) in [5.41, 5.74) is 0. The van der Waals surface area contributed by atoms with Crippen LogP contribution in [0.5, 0.6) is 17.2 Å². The minimum Gasteiger partial charge on any atom is -0.486 e. The molecule has 2 aromatic rings. The molecule has 1 aliphatic rings. The molecule has 24 heavy (non-hydrogen) atoms. The van der Waals surface area contributed by atoms with E-state index in [0.29, 0.717) is 40.4 Å². The van der Waals surface area contributed by atoms with Crippen molar-refractivity contribution in [3.05, 3.63) is 52.5 Å². The molecule has 126 valence electrons. The average Bonchev–Trinajstić information content (AvgIpc) is 2.60. The molecular weight excluding hydrogens is 353 g/mol. The smallest absolute Gasteiger partial charge is 0.258 e. The van der Waals surface area contributed by atoms with Crippen LogP contribution in [0.15, 0.2) is 42.5 Å². The number of amides is 1. The predicted octanol–water partition coefficient (Wildman–Crippen LogP) is 3.33. The molecule has 0 saturated heterocycles. The van der Waals surface area contributed by atoms with Gasteiger partial charge in [-0.15, -0.1) is 0 Å². The Kier molecular flexibility index (Phi) is 5.33. The second-order valence-corrected chi connectivity index (χ2v) is 5.98. The minimum atomic E-state index is -0.261. The maximum atomic E-state index is 11.9. The number of para-hydroxylation sites is 2. The van der Waals surface area contributed by atoms with Crippen molar-refractivity contribution in [1.82, 2.24) is 5.32 Å². The van der Waals surface area contributed by atoms with E-state index in [0.717, 1.165) is 0 Å². The van der Waals surface area contributed by atoms with Gasteiger partial charge < -0.3 is 19.5 Å². The van der Waals surface area contributed by atoms with Crippen molar-refractivity contribution in [2.75, 3.05) is 19.8 Å². The second-order valence-electron chi connectivity index (χ2n) is 5.17. The number of carbonyl (C=O) groups is 1. The summed E-state index contributed by atoms with van der Waals surface area (Å²) >= 11 is 11.7. The Morgan fingerprint density at radius 2 is 1.96 bits per heavy atom. The molecule has 0 unspecified atom stereocenters. The first-order valence-electron chi connectivity index (χ1n) is 7.35. The van der Waals surface area contributed by atoms with E-state index in [9.17, 15) is 4.79 Å². The van der Waals surface area contributed by atoms with Gasteiger partial charge in [0, 0.05) is 6.07 Å². The van der Waals surface area contributed by atoms with E-state index in [-0.39, 0.29) is 18.6 Å². The summed E-state index contributed by atoms with van der Waals surface area (Å²) in [4.78, 5) is 11.9. The van der Waals surface area contributed by atoms with E-state index in [4.69, 9.17) is 37.4 Å². The molecule has 1 amide bonds. The standard InChI is InChI=1S/C17H15Cl2NO4/c18-13-6-5-11(7-14(13)19)22-10-17(21)20-8-12-9-23-15-3-1-2-4-16(15)24-12/h1-7,12H,8-10H2,(H,20,21)/t12-/m1/s1. The lowest BCUT2D eigenvalue weighted by Gasteiger charge is -2.26. The van der Waals surface area contributed by atoms with Gasteiger partial charge in [-0.3, -0.25) is 4.79 Å². The first kappa shape index (κ1) is 16.7. The molecule has 0 aliphatic carbocycles. The number of carbonyl (C=O) groups excluding carboxylic acids is 1. The van der Waals surface area contributed by atoms with Crippen LogP contribution in [0.3, 0.4) is 0 Å². The quantitative estimate of drug-likeness (QED) is 0.880.